The van der Waals surface area contributed by atoms with Crippen LogP contribution in [0.25, 0.3) is 0 Å². The molecule has 148 valence electrons. The predicted molar refractivity (Wildman–Crippen MR) is 95.6 cm³/mol. The first-order valence-corrected chi connectivity index (χ1v) is 9.99. The van der Waals surface area contributed by atoms with E-state index in [0.717, 1.165) is 51.0 Å². The van der Waals surface area contributed by atoms with Gasteiger partial charge in [0.25, 0.3) is 0 Å². The first-order valence-electron chi connectivity index (χ1n) is 8.67. The van der Waals surface area contributed by atoms with Crippen LogP contribution in [-0.2, 0) is 17.4 Å². The quantitative estimate of drug-likeness (QED) is 0.238. The summed E-state index contributed by atoms with van der Waals surface area (Å²) in [5.41, 5.74) is -1.85. The van der Waals surface area contributed by atoms with E-state index in [1.54, 1.807) is 0 Å². The van der Waals surface area contributed by atoms with Gasteiger partial charge in [-0.3, -0.25) is 10.1 Å². The SMILES string of the molecule is CCN(CC)CCCCCC[S+]([O-])c1ccc(C(F)(F)F)cc1[N+](=O)[O-]. The van der Waals surface area contributed by atoms with E-state index < -0.39 is 33.5 Å². The van der Waals surface area contributed by atoms with E-state index in [9.17, 15) is 27.8 Å². The molecule has 0 aliphatic rings. The molecule has 0 spiro atoms. The van der Waals surface area contributed by atoms with Gasteiger partial charge in [-0.15, -0.1) is 0 Å². The molecule has 26 heavy (non-hydrogen) atoms. The van der Waals surface area contributed by atoms with Gasteiger partial charge in [-0.1, -0.05) is 20.3 Å². The molecule has 0 saturated heterocycles. The van der Waals surface area contributed by atoms with Crippen molar-refractivity contribution < 1.29 is 22.6 Å². The van der Waals surface area contributed by atoms with Gasteiger partial charge in [0.05, 0.1) is 10.5 Å². The number of alkyl halides is 3. The van der Waals surface area contributed by atoms with Crippen molar-refractivity contribution in [2.24, 2.45) is 0 Å². The summed E-state index contributed by atoms with van der Waals surface area (Å²) >= 11 is -1.69. The molecule has 0 aliphatic heterocycles. The Kier molecular flexibility index (Phi) is 9.38. The highest BCUT2D eigenvalue weighted by atomic mass is 32.2. The lowest BCUT2D eigenvalue weighted by molar-refractivity contribution is -0.388. The summed E-state index contributed by atoms with van der Waals surface area (Å²) in [5.74, 6) is 0.206. The highest BCUT2D eigenvalue weighted by Gasteiger charge is 2.35. The molecule has 0 fully saturated rings. The number of nitro groups is 1. The van der Waals surface area contributed by atoms with Gasteiger partial charge in [0.2, 0.25) is 4.90 Å². The zero-order valence-electron chi connectivity index (χ0n) is 15.1. The summed E-state index contributed by atoms with van der Waals surface area (Å²) in [4.78, 5) is 12.3. The van der Waals surface area contributed by atoms with Crippen molar-refractivity contribution in [3.63, 3.8) is 0 Å². The maximum atomic E-state index is 12.7. The molecule has 0 saturated carbocycles. The molecule has 9 heteroatoms. The van der Waals surface area contributed by atoms with Gasteiger partial charge >= 0.3 is 11.9 Å². The number of unbranched alkanes of at least 4 members (excludes halogenated alkanes) is 3. The van der Waals surface area contributed by atoms with Crippen LogP contribution in [0.15, 0.2) is 23.1 Å². The zero-order chi connectivity index (χ0) is 19.7. The Bertz CT molecular complexity index is 581. The minimum Gasteiger partial charge on any atom is -0.611 e. The van der Waals surface area contributed by atoms with Gasteiger partial charge in [0.1, 0.15) is 5.75 Å². The smallest absolute Gasteiger partial charge is 0.416 e. The van der Waals surface area contributed by atoms with Crippen molar-refractivity contribution in [2.45, 2.75) is 50.6 Å². The molecule has 1 rings (SSSR count). The molecule has 5 nitrogen and oxygen atoms in total. The molecule has 0 heterocycles. The van der Waals surface area contributed by atoms with Gasteiger partial charge in [-0.25, -0.2) is 0 Å². The second-order valence-corrected chi connectivity index (χ2v) is 7.47. The van der Waals surface area contributed by atoms with Crippen LogP contribution < -0.4 is 0 Å². The fourth-order valence-corrected chi connectivity index (χ4v) is 3.87. The second-order valence-electron chi connectivity index (χ2n) is 5.93. The van der Waals surface area contributed by atoms with Gasteiger partial charge in [-0.05, 0) is 56.1 Å². The van der Waals surface area contributed by atoms with E-state index in [1.165, 1.54) is 0 Å². The Hall–Kier alpha value is -1.32. The lowest BCUT2D eigenvalue weighted by Crippen LogP contribution is -2.23. The Balaban J connectivity index is 2.56. The van der Waals surface area contributed by atoms with E-state index in [1.807, 2.05) is 0 Å². The maximum Gasteiger partial charge on any atom is 0.416 e. The van der Waals surface area contributed by atoms with Crippen molar-refractivity contribution in [1.29, 1.82) is 0 Å². The Morgan fingerprint density at radius 3 is 2.27 bits per heavy atom. The highest BCUT2D eigenvalue weighted by Crippen LogP contribution is 2.35. The van der Waals surface area contributed by atoms with Crippen LogP contribution in [0.3, 0.4) is 0 Å². The van der Waals surface area contributed by atoms with E-state index in [4.69, 9.17) is 0 Å². The van der Waals surface area contributed by atoms with E-state index in [2.05, 4.69) is 18.7 Å². The molecule has 0 radical (unpaired) electrons. The Labute approximate surface area is 154 Å². The van der Waals surface area contributed by atoms with Gasteiger partial charge in [0.15, 0.2) is 0 Å². The monoisotopic (exact) mass is 394 g/mol. The van der Waals surface area contributed by atoms with Crippen LogP contribution in [0.4, 0.5) is 18.9 Å². The van der Waals surface area contributed by atoms with Gasteiger partial charge in [-0.2, -0.15) is 13.2 Å². The van der Waals surface area contributed by atoms with Crippen LogP contribution in [0.5, 0.6) is 0 Å². The van der Waals surface area contributed by atoms with Gasteiger partial charge < -0.3 is 9.45 Å². The minimum atomic E-state index is -4.67. The number of hydrogen-bond donors (Lipinski definition) is 0. The largest absolute Gasteiger partial charge is 0.611 e. The van der Waals surface area contributed by atoms with Crippen LogP contribution in [0.2, 0.25) is 0 Å². The topological polar surface area (TPSA) is 69.4 Å². The number of benzene rings is 1. The first kappa shape index (κ1) is 22.7. The standard InChI is InChI=1S/C17H25F3N2O3S/c1-3-21(4-2)11-7-5-6-8-12-26(25)16-10-9-14(17(18,19)20)13-15(16)22(23)24/h9-10,13H,3-8,11-12H2,1-2H3. The van der Waals surface area contributed by atoms with E-state index >= 15 is 0 Å². The summed E-state index contributed by atoms with van der Waals surface area (Å²) < 4.78 is 50.4. The normalized spacial score (nSPS) is 13.2. The number of rotatable bonds is 11. The molecule has 1 atom stereocenters. The summed E-state index contributed by atoms with van der Waals surface area (Å²) in [6.45, 7) is 7.20. The summed E-state index contributed by atoms with van der Waals surface area (Å²) in [6, 6.07) is 2.15. The highest BCUT2D eigenvalue weighted by molar-refractivity contribution is 7.91. The fraction of sp³-hybridized carbons (Fsp3) is 0.647. The molecule has 1 unspecified atom stereocenters. The number of hydrogen-bond acceptors (Lipinski definition) is 4. The third kappa shape index (κ3) is 7.13. The molecule has 0 amide bonds. The molecule has 0 N–H and O–H groups in total. The lowest BCUT2D eigenvalue weighted by atomic mass is 10.2. The molecule has 0 aromatic heterocycles. The van der Waals surface area contributed by atoms with Crippen LogP contribution in [-0.4, -0.2) is 39.8 Å². The average Bonchev–Trinajstić information content (AvgIpc) is 2.59. The second kappa shape index (κ2) is 10.7. The van der Waals surface area contributed by atoms with Crippen molar-refractivity contribution >= 4 is 16.9 Å². The first-order chi connectivity index (χ1) is 12.2. The van der Waals surface area contributed by atoms with E-state index in [-0.39, 0.29) is 10.6 Å². The molecule has 1 aromatic carbocycles. The molecule has 1 aromatic rings. The van der Waals surface area contributed by atoms with Crippen LogP contribution >= 0.6 is 0 Å². The predicted octanol–water partition coefficient (Wildman–Crippen LogP) is 4.62. The summed E-state index contributed by atoms with van der Waals surface area (Å²) in [7, 11) is 0. The van der Waals surface area contributed by atoms with Gasteiger partial charge in [0, 0.05) is 12.1 Å². The Morgan fingerprint density at radius 1 is 1.12 bits per heavy atom. The molecular formula is C17H25F3N2O3S. The Morgan fingerprint density at radius 2 is 1.73 bits per heavy atom. The van der Waals surface area contributed by atoms with Crippen molar-refractivity contribution in [2.75, 3.05) is 25.4 Å². The zero-order valence-corrected chi connectivity index (χ0v) is 15.9. The number of nitro benzene ring substituents is 1. The van der Waals surface area contributed by atoms with Crippen molar-refractivity contribution in [1.82, 2.24) is 4.90 Å². The van der Waals surface area contributed by atoms with Crippen molar-refractivity contribution in [3.8, 4) is 0 Å². The number of halogens is 3. The van der Waals surface area contributed by atoms with Crippen LogP contribution in [0.1, 0.15) is 45.1 Å². The third-order valence-corrected chi connectivity index (χ3v) is 5.67. The lowest BCUT2D eigenvalue weighted by Gasteiger charge is -2.17. The maximum absolute atomic E-state index is 12.7. The molecule has 0 bridgehead atoms. The fourth-order valence-electron chi connectivity index (χ4n) is 2.60. The summed E-state index contributed by atoms with van der Waals surface area (Å²) in [5, 5.41) is 11.0. The number of nitrogens with zero attached hydrogens (tertiary/aromatic N) is 2. The van der Waals surface area contributed by atoms with Crippen LogP contribution in [0, 0.1) is 10.1 Å². The third-order valence-electron chi connectivity index (χ3n) is 4.18. The van der Waals surface area contributed by atoms with Crippen molar-refractivity contribution in [3.05, 3.63) is 33.9 Å². The minimum absolute atomic E-state index is 0.147. The molecule has 0 aliphatic carbocycles. The summed E-state index contributed by atoms with van der Waals surface area (Å²) in [6.07, 6.45) is -1.24. The molecular weight excluding hydrogens is 369 g/mol. The average molecular weight is 394 g/mol. The van der Waals surface area contributed by atoms with E-state index in [0.29, 0.717) is 12.5 Å².